The highest BCUT2D eigenvalue weighted by molar-refractivity contribution is 5.70. The highest BCUT2D eigenvalue weighted by Gasteiger charge is 2.57. The highest BCUT2D eigenvalue weighted by Crippen LogP contribution is 2.59. The number of carbonyl (C=O) groups is 4. The Morgan fingerprint density at radius 2 is 0.900 bits per heavy atom. The van der Waals surface area contributed by atoms with E-state index in [1.165, 1.54) is 89.9 Å². The Kier molecular flexibility index (Phi) is 26.9. The lowest BCUT2D eigenvalue weighted by Crippen LogP contribution is -2.57. The van der Waals surface area contributed by atoms with Crippen LogP contribution in [0.2, 0.25) is 0 Å². The number of fused-ring (bicyclic) bond motifs is 2. The van der Waals surface area contributed by atoms with E-state index in [-0.39, 0.29) is 46.3 Å². The van der Waals surface area contributed by atoms with E-state index in [2.05, 4.69) is 34.6 Å². The Morgan fingerprint density at radius 1 is 0.483 bits per heavy atom. The van der Waals surface area contributed by atoms with E-state index < -0.39 is 0 Å². The van der Waals surface area contributed by atoms with Gasteiger partial charge in [-0.15, -0.1) is 0 Å². The van der Waals surface area contributed by atoms with Crippen molar-refractivity contribution in [1.29, 1.82) is 0 Å². The molecule has 0 spiro atoms. The van der Waals surface area contributed by atoms with Crippen LogP contribution in [0.5, 0.6) is 0 Å². The summed E-state index contributed by atoms with van der Waals surface area (Å²) in [5, 5.41) is 0. The van der Waals surface area contributed by atoms with Gasteiger partial charge in [0.2, 0.25) is 0 Å². The fraction of sp³-hybridized carbons (Fsp3) is 0.923. The summed E-state index contributed by atoms with van der Waals surface area (Å²) >= 11 is 0. The van der Waals surface area contributed by atoms with Crippen molar-refractivity contribution >= 4 is 23.9 Å². The van der Waals surface area contributed by atoms with Gasteiger partial charge in [0.15, 0.2) is 0 Å². The summed E-state index contributed by atoms with van der Waals surface area (Å²) in [7, 11) is 0. The van der Waals surface area contributed by atoms with Gasteiger partial charge in [0.05, 0.1) is 0 Å². The van der Waals surface area contributed by atoms with E-state index in [1.54, 1.807) is 6.92 Å². The molecule has 0 N–H and O–H groups in total. The maximum Gasteiger partial charge on any atom is 0.306 e. The van der Waals surface area contributed by atoms with Crippen molar-refractivity contribution in [2.75, 3.05) is 0 Å². The number of hydrogen-bond acceptors (Lipinski definition) is 8. The van der Waals surface area contributed by atoms with E-state index in [4.69, 9.17) is 18.9 Å². The van der Waals surface area contributed by atoms with Gasteiger partial charge < -0.3 is 18.9 Å². The molecule has 7 aliphatic carbocycles. The van der Waals surface area contributed by atoms with Crippen molar-refractivity contribution in [1.82, 2.24) is 0 Å². The summed E-state index contributed by atoms with van der Waals surface area (Å²) < 4.78 is 21.8. The first-order valence-electron chi connectivity index (χ1n) is 25.0. The molecule has 8 nitrogen and oxygen atoms in total. The summed E-state index contributed by atoms with van der Waals surface area (Å²) in [6, 6.07) is 0. The Bertz CT molecular complexity index is 1190. The first-order chi connectivity index (χ1) is 28.2. The monoisotopic (exact) mass is 851 g/mol. The lowest BCUT2D eigenvalue weighted by atomic mass is 9.50. The Morgan fingerprint density at radius 3 is 1.25 bits per heavy atom. The molecule has 0 heterocycles. The highest BCUT2D eigenvalue weighted by atomic mass is 16.6. The number of rotatable bonds is 9. The van der Waals surface area contributed by atoms with Crippen LogP contribution >= 0.6 is 0 Å². The van der Waals surface area contributed by atoms with Gasteiger partial charge in [0, 0.05) is 31.6 Å². The van der Waals surface area contributed by atoms with Crippen LogP contribution in [-0.4, -0.2) is 46.3 Å². The molecule has 0 aromatic rings. The smallest absolute Gasteiger partial charge is 0.306 e. The van der Waals surface area contributed by atoms with E-state index in [9.17, 15) is 19.2 Å². The van der Waals surface area contributed by atoms with Gasteiger partial charge in [-0.3, -0.25) is 19.2 Å². The van der Waals surface area contributed by atoms with Crippen LogP contribution in [0, 0.1) is 47.3 Å². The lowest BCUT2D eigenvalue weighted by molar-refractivity contribution is -0.203. The van der Waals surface area contributed by atoms with Crippen molar-refractivity contribution in [2.24, 2.45) is 47.3 Å². The molecule has 3 atom stereocenters. The molecule has 0 aliphatic heterocycles. The average Bonchev–Trinajstić information content (AvgIpc) is 3.87. The zero-order valence-corrected chi connectivity index (χ0v) is 42.6. The average molecular weight is 851 g/mol. The second kappa shape index (κ2) is 27.8. The van der Waals surface area contributed by atoms with Gasteiger partial charge in [-0.1, -0.05) is 94.9 Å². The lowest BCUT2D eigenvalue weighted by Gasteiger charge is -2.59. The predicted molar refractivity (Wildman–Crippen MR) is 248 cm³/mol. The molecule has 7 saturated carbocycles. The molecular formula is C52H98O8. The molecular weight excluding hydrogens is 753 g/mol. The van der Waals surface area contributed by atoms with E-state index >= 15 is 0 Å². The summed E-state index contributed by atoms with van der Waals surface area (Å²) in [5.41, 5.74) is -0.950. The third kappa shape index (κ3) is 18.7. The zero-order chi connectivity index (χ0) is 46.5. The maximum absolute atomic E-state index is 11.6. The van der Waals surface area contributed by atoms with Crippen molar-refractivity contribution in [3.63, 3.8) is 0 Å². The standard InChI is InChI=1S/C14H22O2.C13H22O2.C12H22O2.C7H14O2.3C2H6/c1-3-13(15)16-14(2)11-5-9-4-10(7-11)8-12(14)6-9;1-4-12(14)15-13(2,3)11-8-9-5-6-10(11)7-9;1-4-11(13)14-12(2,3)10-8-6-5-7-9-10;1-5-6(8)9-7(2,3)4;3*1-2/h9-12H,3-8H2,1-2H3;9-11H,4-8H2,1-3H3;10H,4-9H2,1-3H3;5H2,1-4H3;3*1-2H3. The molecule has 8 heteroatoms. The molecule has 7 rings (SSSR count). The van der Waals surface area contributed by atoms with E-state index in [1.807, 2.05) is 83.1 Å². The Hall–Kier alpha value is -2.12. The summed E-state index contributed by atoms with van der Waals surface area (Å²) in [4.78, 5) is 44.8. The third-order valence-corrected chi connectivity index (χ3v) is 13.6. The van der Waals surface area contributed by atoms with Crippen LogP contribution in [0.25, 0.3) is 0 Å². The van der Waals surface area contributed by atoms with Gasteiger partial charge in [-0.2, -0.15) is 0 Å². The largest absolute Gasteiger partial charge is 0.460 e. The van der Waals surface area contributed by atoms with Crippen molar-refractivity contribution in [2.45, 2.75) is 263 Å². The topological polar surface area (TPSA) is 105 Å². The van der Waals surface area contributed by atoms with Gasteiger partial charge in [0.1, 0.15) is 22.4 Å². The minimum Gasteiger partial charge on any atom is -0.460 e. The molecule has 0 saturated heterocycles. The molecule has 3 unspecified atom stereocenters. The first-order valence-corrected chi connectivity index (χ1v) is 25.0. The van der Waals surface area contributed by atoms with Crippen LogP contribution < -0.4 is 0 Å². The summed E-state index contributed by atoms with van der Waals surface area (Å²) in [5.74, 6) is 5.82. The fourth-order valence-electron chi connectivity index (χ4n) is 10.8. The van der Waals surface area contributed by atoms with Gasteiger partial charge in [-0.05, 0) is 161 Å². The number of hydrogen-bond donors (Lipinski definition) is 0. The number of esters is 4. The van der Waals surface area contributed by atoms with Crippen LogP contribution in [0.4, 0.5) is 0 Å². The quantitative estimate of drug-likeness (QED) is 0.167. The Labute approximate surface area is 370 Å². The van der Waals surface area contributed by atoms with E-state index in [0.29, 0.717) is 49.4 Å². The molecule has 0 amide bonds. The van der Waals surface area contributed by atoms with Crippen LogP contribution in [0.1, 0.15) is 240 Å². The van der Waals surface area contributed by atoms with Gasteiger partial charge in [-0.25, -0.2) is 0 Å². The second-order valence-corrected chi connectivity index (χ2v) is 19.7. The third-order valence-electron chi connectivity index (χ3n) is 13.6. The zero-order valence-electron chi connectivity index (χ0n) is 42.6. The van der Waals surface area contributed by atoms with Crippen molar-refractivity contribution < 1.29 is 38.1 Å². The maximum atomic E-state index is 11.6. The molecule has 7 aliphatic rings. The molecule has 6 bridgehead atoms. The van der Waals surface area contributed by atoms with Crippen LogP contribution in [-0.2, 0) is 38.1 Å². The predicted octanol–water partition coefficient (Wildman–Crippen LogP) is 14.4. The fourth-order valence-corrected chi connectivity index (χ4v) is 10.8. The van der Waals surface area contributed by atoms with Crippen molar-refractivity contribution in [3.05, 3.63) is 0 Å². The van der Waals surface area contributed by atoms with E-state index in [0.717, 1.165) is 23.7 Å². The Balaban J connectivity index is 0.000000754. The number of carbonyl (C=O) groups excluding carboxylic acids is 4. The SMILES string of the molecule is CC.CC.CC.CCC(=O)OC(C)(C)C.CCC(=O)OC(C)(C)C1CC2CCC1C2.CCC(=O)OC(C)(C)C1CCCCC1.CCC(=O)OC1(C)C2CC3CC(C2)CC1C3. The van der Waals surface area contributed by atoms with Gasteiger partial charge in [0.25, 0.3) is 0 Å². The van der Waals surface area contributed by atoms with Crippen molar-refractivity contribution in [3.8, 4) is 0 Å². The molecule has 7 fully saturated rings. The van der Waals surface area contributed by atoms with Crippen LogP contribution in [0.15, 0.2) is 0 Å². The van der Waals surface area contributed by atoms with Gasteiger partial charge >= 0.3 is 23.9 Å². The molecule has 0 radical (unpaired) electrons. The number of ether oxygens (including phenoxy) is 4. The van der Waals surface area contributed by atoms with Crippen LogP contribution in [0.3, 0.4) is 0 Å². The second-order valence-electron chi connectivity index (χ2n) is 19.7. The molecule has 354 valence electrons. The summed E-state index contributed by atoms with van der Waals surface area (Å²) in [6.45, 7) is 35.5. The minimum atomic E-state index is -0.326. The summed E-state index contributed by atoms with van der Waals surface area (Å²) in [6.07, 6.45) is 20.4. The minimum absolute atomic E-state index is 0.00465. The molecule has 60 heavy (non-hydrogen) atoms. The first kappa shape index (κ1) is 57.9. The normalized spacial score (nSPS) is 28.3. The molecule has 0 aromatic carbocycles. The molecule has 0 aromatic heterocycles.